The van der Waals surface area contributed by atoms with E-state index in [0.717, 1.165) is 22.4 Å². The first-order valence-electron chi connectivity index (χ1n) is 22.9. The van der Waals surface area contributed by atoms with E-state index >= 15 is 0 Å². The maximum atomic E-state index is 14.4. The Kier molecular flexibility index (Phi) is 13.8. The zero-order valence-electron chi connectivity index (χ0n) is 39.6. The fourth-order valence-electron chi connectivity index (χ4n) is 8.87. The number of carboxylic acids is 3. The summed E-state index contributed by atoms with van der Waals surface area (Å²) in [6, 6.07) is 35.3. The molecular weight excluding hydrogens is 1040 g/mol. The molecule has 6 heterocycles. The smallest absolute Gasteiger partial charge is 0.375 e. The number of aromatic nitrogens is 8. The highest BCUT2D eigenvalue weighted by Crippen LogP contribution is 2.34. The van der Waals surface area contributed by atoms with E-state index in [1.165, 1.54) is 32.1 Å². The van der Waals surface area contributed by atoms with Crippen LogP contribution >= 0.6 is 34.8 Å². The Balaban J connectivity index is 0.000000130. The summed E-state index contributed by atoms with van der Waals surface area (Å²) in [5, 5.41) is 41.4. The minimum absolute atomic E-state index is 0.0172. The highest BCUT2D eigenvalue weighted by molar-refractivity contribution is 6.32. The lowest BCUT2D eigenvalue weighted by Gasteiger charge is -2.14. The summed E-state index contributed by atoms with van der Waals surface area (Å²) >= 11 is 18.5. The number of aryl methyl sites for hydroxylation is 1. The van der Waals surface area contributed by atoms with Crippen LogP contribution in [0.3, 0.4) is 0 Å². The third kappa shape index (κ3) is 9.53. The first kappa shape index (κ1) is 50.5. The Hall–Kier alpha value is -9.04. The Labute approximate surface area is 444 Å². The second-order valence-electron chi connectivity index (χ2n) is 17.0. The molecule has 3 aromatic heterocycles. The maximum absolute atomic E-state index is 14.4. The Bertz CT molecular complexity index is 3790. The molecule has 9 aromatic rings. The lowest BCUT2D eigenvalue weighted by atomic mass is 9.97. The summed E-state index contributed by atoms with van der Waals surface area (Å²) in [5.74, 6) is -3.46. The van der Waals surface area contributed by atoms with Gasteiger partial charge < -0.3 is 15.3 Å². The number of aliphatic imine (C=N–C) groups is 3. The number of carbonyl (C=O) groups is 3. The molecule has 378 valence electrons. The van der Waals surface area contributed by atoms with E-state index in [1.807, 2.05) is 31.2 Å². The van der Waals surface area contributed by atoms with Crippen molar-refractivity contribution in [1.82, 2.24) is 39.1 Å². The molecule has 3 aliphatic heterocycles. The summed E-state index contributed by atoms with van der Waals surface area (Å²) < 4.78 is 33.2. The number of hydrogen-bond acceptors (Lipinski definition) is 11. The van der Waals surface area contributed by atoms with E-state index in [0.29, 0.717) is 83.3 Å². The van der Waals surface area contributed by atoms with E-state index in [-0.39, 0.29) is 30.4 Å². The number of aromatic carboxylic acids is 3. The number of benzene rings is 6. The molecule has 22 heteroatoms. The highest BCUT2D eigenvalue weighted by Gasteiger charge is 2.30. The number of halogens is 5. The van der Waals surface area contributed by atoms with Gasteiger partial charge in [0, 0.05) is 48.4 Å². The zero-order chi connectivity index (χ0) is 53.5. The van der Waals surface area contributed by atoms with Gasteiger partial charge in [-0.05, 0) is 98.3 Å². The Morgan fingerprint density at radius 3 is 1.66 bits per heavy atom. The van der Waals surface area contributed by atoms with Crippen LogP contribution in [0.1, 0.15) is 101 Å². The second kappa shape index (κ2) is 20.7. The molecule has 0 fully saturated rings. The van der Waals surface area contributed by atoms with Crippen LogP contribution in [0.5, 0.6) is 0 Å². The molecule has 3 N–H and O–H groups in total. The van der Waals surface area contributed by atoms with Crippen molar-refractivity contribution in [2.75, 3.05) is 0 Å². The van der Waals surface area contributed by atoms with Crippen LogP contribution in [-0.2, 0) is 13.1 Å². The number of rotatable bonds is 6. The fraction of sp³-hybridized carbons (Fsp3) is 0.0926. The quantitative estimate of drug-likeness (QED) is 0.142. The molecule has 0 saturated heterocycles. The van der Waals surface area contributed by atoms with Gasteiger partial charge in [-0.15, -0.1) is 15.3 Å². The zero-order valence-corrected chi connectivity index (χ0v) is 41.8. The van der Waals surface area contributed by atoms with Crippen LogP contribution in [0.4, 0.5) is 8.78 Å². The molecule has 0 bridgehead atoms. The van der Waals surface area contributed by atoms with Crippen LogP contribution in [0.15, 0.2) is 149 Å². The molecule has 76 heavy (non-hydrogen) atoms. The lowest BCUT2D eigenvalue weighted by molar-refractivity contribution is 0.0671. The van der Waals surface area contributed by atoms with Gasteiger partial charge in [-0.2, -0.15) is 0 Å². The third-order valence-corrected chi connectivity index (χ3v) is 13.0. The summed E-state index contributed by atoms with van der Waals surface area (Å²) in [6.45, 7) is 4.12. The van der Waals surface area contributed by atoms with Gasteiger partial charge in [-0.25, -0.2) is 37.8 Å². The van der Waals surface area contributed by atoms with Gasteiger partial charge in [-0.1, -0.05) is 83.3 Å². The van der Waals surface area contributed by atoms with Gasteiger partial charge in [0.15, 0.2) is 17.3 Å². The molecule has 1 unspecified atom stereocenters. The predicted molar refractivity (Wildman–Crippen MR) is 279 cm³/mol. The molecule has 0 amide bonds. The van der Waals surface area contributed by atoms with E-state index in [2.05, 4.69) is 35.2 Å². The summed E-state index contributed by atoms with van der Waals surface area (Å²) in [6.07, 6.45) is 1.29. The average Bonchev–Trinajstić information content (AvgIpc) is 4.11. The molecule has 3 aliphatic rings. The van der Waals surface area contributed by atoms with E-state index in [4.69, 9.17) is 39.8 Å². The van der Waals surface area contributed by atoms with Crippen molar-refractivity contribution in [3.63, 3.8) is 0 Å². The van der Waals surface area contributed by atoms with Crippen molar-refractivity contribution in [2.45, 2.75) is 33.0 Å². The van der Waals surface area contributed by atoms with Gasteiger partial charge in [0.1, 0.15) is 30.0 Å². The monoisotopic (exact) mass is 1080 g/mol. The van der Waals surface area contributed by atoms with Crippen LogP contribution in [0.25, 0.3) is 17.1 Å². The Morgan fingerprint density at radius 1 is 0.579 bits per heavy atom. The van der Waals surface area contributed by atoms with Crippen LogP contribution < -0.4 is 0 Å². The number of nitrogens with zero attached hydrogens (tertiary/aromatic N) is 11. The largest absolute Gasteiger partial charge is 0.477 e. The average molecular weight is 1080 g/mol. The van der Waals surface area contributed by atoms with E-state index < -0.39 is 35.6 Å². The van der Waals surface area contributed by atoms with E-state index in [1.54, 1.807) is 97.9 Å². The highest BCUT2D eigenvalue weighted by atomic mass is 35.5. The number of fused-ring (bicyclic) bond motifs is 9. The van der Waals surface area contributed by atoms with Crippen LogP contribution in [0, 0.1) is 18.6 Å². The summed E-state index contributed by atoms with van der Waals surface area (Å²) in [4.78, 5) is 56.4. The lowest BCUT2D eigenvalue weighted by Crippen LogP contribution is -2.13. The molecule has 0 saturated carbocycles. The van der Waals surface area contributed by atoms with E-state index in [9.17, 15) is 38.5 Å². The standard InChI is InChI=1S/C18H12ClFN4O2.C18H11ClFN3O2.C18H13ClN4O2/c1-9-17-22-16(18(25)26)23-24(17)14-7-6-10(19)8-12(14)15(21-9)11-4-2-3-5-13(11)20;19-10-5-6-14-12(7-10)17(11-3-1-2-4-13(11)20)22-9-16-21-8-15(18(24)25)23(14)16;1-10-4-2-3-5-12(10)16-13-8-11(19)6-7-14(13)23-15(9-20-16)21-22-17(23)18(24)25/h2-9H,1H3,(H,25,26);1-8H,9H2,(H,24,25);2-8H,9H2,1H3,(H,24,25). The molecule has 12 rings (SSSR count). The predicted octanol–water partition coefficient (Wildman–Crippen LogP) is 10.7. The fourth-order valence-corrected chi connectivity index (χ4v) is 9.39. The third-order valence-electron chi connectivity index (χ3n) is 12.3. The molecule has 17 nitrogen and oxygen atoms in total. The maximum Gasteiger partial charge on any atom is 0.375 e. The van der Waals surface area contributed by atoms with Crippen molar-refractivity contribution in [3.8, 4) is 17.1 Å². The van der Waals surface area contributed by atoms with Crippen LogP contribution in [-0.4, -0.2) is 89.4 Å². The molecule has 0 aliphatic carbocycles. The van der Waals surface area contributed by atoms with Crippen molar-refractivity contribution >= 4 is 69.8 Å². The number of carboxylic acid groups (broad SMARTS) is 3. The van der Waals surface area contributed by atoms with Crippen molar-refractivity contribution in [3.05, 3.63) is 234 Å². The minimum atomic E-state index is -1.23. The molecule has 1 atom stereocenters. The molecule has 0 spiro atoms. The van der Waals surface area contributed by atoms with Gasteiger partial charge in [0.25, 0.3) is 5.82 Å². The minimum Gasteiger partial charge on any atom is -0.477 e. The second-order valence-corrected chi connectivity index (χ2v) is 18.3. The van der Waals surface area contributed by atoms with Crippen molar-refractivity contribution < 1.29 is 38.5 Å². The summed E-state index contributed by atoms with van der Waals surface area (Å²) in [7, 11) is 0. The van der Waals surface area contributed by atoms with Crippen LogP contribution in [0.2, 0.25) is 15.1 Å². The molecule has 0 radical (unpaired) electrons. The summed E-state index contributed by atoms with van der Waals surface area (Å²) in [5.41, 5.74) is 7.90. The molecular formula is C54H36Cl3F2N11O6. The first-order chi connectivity index (χ1) is 36.6. The van der Waals surface area contributed by atoms with Gasteiger partial charge >= 0.3 is 17.9 Å². The van der Waals surface area contributed by atoms with Gasteiger partial charge in [0.2, 0.25) is 5.82 Å². The van der Waals surface area contributed by atoms with Crippen molar-refractivity contribution in [2.24, 2.45) is 15.0 Å². The topological polar surface area (TPSA) is 228 Å². The normalized spacial score (nSPS) is 13.8. The SMILES string of the molecule is CC1N=C(c2ccccc2F)c2cc(Cl)ccc2-n2nc(C(=O)O)nc21.Cc1ccccc1C1=NCc2nnc(C(=O)O)n2-c2ccc(Cl)cc21.O=C(O)c1cnc2n1-c1ccc(Cl)cc1C(c1ccccc1F)=NC2. The Morgan fingerprint density at radius 2 is 1.09 bits per heavy atom. The first-order valence-corrected chi connectivity index (χ1v) is 24.0. The number of imidazole rings is 1. The number of hydrogen-bond donors (Lipinski definition) is 3. The molecule has 6 aromatic carbocycles. The van der Waals surface area contributed by atoms with Crippen molar-refractivity contribution in [1.29, 1.82) is 0 Å². The van der Waals surface area contributed by atoms with Gasteiger partial charge in [-0.3, -0.25) is 24.1 Å². The van der Waals surface area contributed by atoms with Gasteiger partial charge in [0.05, 0.1) is 46.9 Å².